The molecule has 6 aliphatic heterocycles. The summed E-state index contributed by atoms with van der Waals surface area (Å²) >= 11 is 0. The molecule has 84 heavy (non-hydrogen) atoms. The van der Waals surface area contributed by atoms with Crippen LogP contribution in [0.15, 0.2) is 12.2 Å². The van der Waals surface area contributed by atoms with Gasteiger partial charge in [-0.2, -0.15) is 0 Å². The summed E-state index contributed by atoms with van der Waals surface area (Å²) in [5.74, 6) is -1.58. The second-order valence-electron chi connectivity index (χ2n) is 26.7. The molecule has 4 aliphatic carbocycles. The van der Waals surface area contributed by atoms with Crippen molar-refractivity contribution in [1.29, 1.82) is 0 Å². The molecule has 0 amide bonds. The van der Waals surface area contributed by atoms with Gasteiger partial charge in [0.05, 0.1) is 56.4 Å². The van der Waals surface area contributed by atoms with Gasteiger partial charge in [-0.3, -0.25) is 0 Å². The quantitative estimate of drug-likeness (QED) is 0.0515. The van der Waals surface area contributed by atoms with Gasteiger partial charge in [0.15, 0.2) is 37.2 Å². The molecule has 2 unspecified atom stereocenters. The van der Waals surface area contributed by atoms with Gasteiger partial charge in [0.1, 0.15) is 104 Å². The fraction of sp³-hybridized carbons (Fsp3) is 0.965. The molecule has 6 heterocycles. The van der Waals surface area contributed by atoms with Gasteiger partial charge in [-0.05, 0) is 106 Å². The maximum atomic E-state index is 12.3. The van der Waals surface area contributed by atoms with Gasteiger partial charge in [0.25, 0.3) is 0 Å². The standard InChI is InChI=1S/C57H94O27/c1-20(19-74-50-44(69)40(65)37(62)31(17-58)79-50)10-13-57(73)21(2)34-30(84-57)16-29-27-9-8-25-14-26(78-51-47(72)43(68)48(24(5)77-51)82-53-46(71)41(66)38(63)32(18-59)80-53)15-33(56(25,7)28(27)11-12-55(29,34)6)81-54-49(42(67)36(61)23(4)76-54)83-52-45(70)39(64)35(60)22(3)75-52/h21-54,58-73H,1,8-19H2,2-7H3/t21-,22-,23+,24-,25?,26+,27?,28-,29-,30-,31+,32+,33+,34-,35-,36+,37+,38+,39+,40-,41-,42-,43-,44+,45+,46+,47+,48-,49+,50+,51-,52-,53-,54-,55-,56-,57+/m0/s1. The predicted octanol–water partition coefficient (Wildman–Crippen LogP) is -4.16. The lowest BCUT2D eigenvalue weighted by Gasteiger charge is -2.63. The van der Waals surface area contributed by atoms with Crippen molar-refractivity contribution in [3.8, 4) is 0 Å². The van der Waals surface area contributed by atoms with Crippen LogP contribution in [-0.2, 0) is 52.1 Å². The van der Waals surface area contributed by atoms with Crippen LogP contribution in [0.4, 0.5) is 0 Å². The van der Waals surface area contributed by atoms with Crippen LogP contribution in [0.2, 0.25) is 0 Å². The van der Waals surface area contributed by atoms with Crippen LogP contribution in [0.5, 0.6) is 0 Å². The number of aliphatic hydroxyl groups is 16. The van der Waals surface area contributed by atoms with Crippen molar-refractivity contribution in [2.45, 2.75) is 277 Å². The summed E-state index contributed by atoms with van der Waals surface area (Å²) in [5, 5.41) is 173. The largest absolute Gasteiger partial charge is 0.394 e. The van der Waals surface area contributed by atoms with Crippen molar-refractivity contribution in [2.75, 3.05) is 19.8 Å². The van der Waals surface area contributed by atoms with Crippen molar-refractivity contribution in [3.05, 3.63) is 12.2 Å². The van der Waals surface area contributed by atoms with Crippen LogP contribution >= 0.6 is 0 Å². The van der Waals surface area contributed by atoms with Crippen LogP contribution in [0.25, 0.3) is 0 Å². The Hall–Kier alpha value is -1.34. The van der Waals surface area contributed by atoms with Crippen LogP contribution < -0.4 is 0 Å². The average molecular weight is 1210 g/mol. The van der Waals surface area contributed by atoms with Crippen molar-refractivity contribution >= 4 is 0 Å². The number of hydrogen-bond donors (Lipinski definition) is 16. The molecule has 4 saturated carbocycles. The fourth-order valence-electron chi connectivity index (χ4n) is 16.9. The minimum Gasteiger partial charge on any atom is -0.394 e. The Morgan fingerprint density at radius 2 is 1.05 bits per heavy atom. The SMILES string of the molecule is C=C(CC[C@@]1(O)O[C@H]2C[C@H]3C4CCC5C[C@@H](O[C@@H]6O[C@@H](C)[C@H](O[C@@H]7O[C@H](CO)[C@@H](O)[C@H](O)[C@H]7O)[C@@H](O)[C@H]6O)C[C@@H](O[C@@H]6O[C@H](C)[C@@H](O)[C@H](O)[C@H]6O[C@@H]6O[C@@H](C)[C@H](O)[C@@H](O)[C@H]6O)[C@]5(C)[C@H]4CC[C@]3(C)[C@H]2[C@@H]1C)CO[C@@H]1O[C@H](CO)[C@@H](O)[C@H](O)[C@H]1O. The van der Waals surface area contributed by atoms with E-state index in [4.69, 9.17) is 52.1 Å². The van der Waals surface area contributed by atoms with Gasteiger partial charge in [-0.1, -0.05) is 32.9 Å². The molecule has 27 nitrogen and oxygen atoms in total. The first-order chi connectivity index (χ1) is 39.6. The molecular formula is C57H94O27. The number of aliphatic hydroxyl groups excluding tert-OH is 15. The van der Waals surface area contributed by atoms with E-state index < -0.39 is 190 Å². The van der Waals surface area contributed by atoms with E-state index in [2.05, 4.69) is 20.4 Å². The number of ether oxygens (including phenoxy) is 11. The molecule has 16 N–H and O–H groups in total. The molecule has 0 aromatic carbocycles. The highest BCUT2D eigenvalue weighted by atomic mass is 16.8. The highest BCUT2D eigenvalue weighted by Gasteiger charge is 2.70. The third-order valence-electron chi connectivity index (χ3n) is 21.9. The Morgan fingerprint density at radius 1 is 0.524 bits per heavy atom. The normalized spacial score (nSPS) is 56.7. The Bertz CT molecular complexity index is 2220. The number of hydrogen-bond acceptors (Lipinski definition) is 27. The first-order valence-corrected chi connectivity index (χ1v) is 30.2. The number of fused-ring (bicyclic) bond motifs is 7. The van der Waals surface area contributed by atoms with E-state index in [1.807, 2.05) is 6.92 Å². The van der Waals surface area contributed by atoms with Crippen molar-refractivity contribution in [3.63, 3.8) is 0 Å². The van der Waals surface area contributed by atoms with E-state index in [1.165, 1.54) is 6.92 Å². The maximum Gasteiger partial charge on any atom is 0.187 e. The summed E-state index contributed by atoms with van der Waals surface area (Å²) in [6.07, 6.45) is -34.0. The van der Waals surface area contributed by atoms with Crippen LogP contribution in [0.1, 0.15) is 99.3 Å². The zero-order chi connectivity index (χ0) is 61.0. The van der Waals surface area contributed by atoms with Gasteiger partial charge < -0.3 is 134 Å². The van der Waals surface area contributed by atoms with Gasteiger partial charge in [0.2, 0.25) is 0 Å². The van der Waals surface area contributed by atoms with Crippen LogP contribution in [0.3, 0.4) is 0 Å². The molecule has 37 atom stereocenters. The first kappa shape index (κ1) is 65.6. The zero-order valence-corrected chi connectivity index (χ0v) is 48.5. The van der Waals surface area contributed by atoms with Gasteiger partial charge in [-0.25, -0.2) is 0 Å². The summed E-state index contributed by atoms with van der Waals surface area (Å²) in [7, 11) is 0. The van der Waals surface area contributed by atoms with E-state index in [9.17, 15) is 81.7 Å². The second kappa shape index (κ2) is 25.4. The highest BCUT2D eigenvalue weighted by Crippen LogP contribution is 2.71. The van der Waals surface area contributed by atoms with Crippen molar-refractivity contribution in [2.24, 2.45) is 46.3 Å². The third kappa shape index (κ3) is 11.6. The Balaban J connectivity index is 0.864. The zero-order valence-electron chi connectivity index (χ0n) is 48.5. The lowest BCUT2D eigenvalue weighted by molar-refractivity contribution is -0.379. The lowest BCUT2D eigenvalue weighted by Crippen LogP contribution is -2.66. The summed E-state index contributed by atoms with van der Waals surface area (Å²) < 4.78 is 67.8. The second-order valence-corrected chi connectivity index (χ2v) is 26.7. The monoisotopic (exact) mass is 1210 g/mol. The highest BCUT2D eigenvalue weighted by molar-refractivity contribution is 5.17. The molecule has 10 fully saturated rings. The van der Waals surface area contributed by atoms with E-state index in [1.54, 1.807) is 13.8 Å². The molecule has 6 saturated heterocycles. The molecular weight excluding hydrogens is 1120 g/mol. The lowest BCUT2D eigenvalue weighted by atomic mass is 9.43. The van der Waals surface area contributed by atoms with Crippen molar-refractivity contribution < 1.29 is 134 Å². The van der Waals surface area contributed by atoms with E-state index in [-0.39, 0.29) is 66.5 Å². The molecule has 0 aromatic rings. The fourth-order valence-corrected chi connectivity index (χ4v) is 16.9. The molecule has 0 bridgehead atoms. The van der Waals surface area contributed by atoms with Gasteiger partial charge in [0, 0.05) is 18.8 Å². The molecule has 27 heteroatoms. The first-order valence-electron chi connectivity index (χ1n) is 30.2. The summed E-state index contributed by atoms with van der Waals surface area (Å²) in [4.78, 5) is 0. The topological polar surface area (TPSA) is 425 Å². The number of rotatable bonds is 16. The molecule has 10 rings (SSSR count). The molecule has 484 valence electrons. The van der Waals surface area contributed by atoms with Gasteiger partial charge >= 0.3 is 0 Å². The predicted molar refractivity (Wildman–Crippen MR) is 281 cm³/mol. The van der Waals surface area contributed by atoms with Crippen LogP contribution in [-0.4, -0.2) is 279 Å². The minimum absolute atomic E-state index is 0.0154. The summed E-state index contributed by atoms with van der Waals surface area (Å²) in [5.41, 5.74) is -0.344. The van der Waals surface area contributed by atoms with Crippen LogP contribution in [0, 0.1) is 46.3 Å². The smallest absolute Gasteiger partial charge is 0.187 e. The molecule has 0 spiro atoms. The van der Waals surface area contributed by atoms with Gasteiger partial charge in [-0.15, -0.1) is 0 Å². The molecule has 10 aliphatic rings. The van der Waals surface area contributed by atoms with Crippen molar-refractivity contribution in [1.82, 2.24) is 0 Å². The third-order valence-corrected chi connectivity index (χ3v) is 21.9. The maximum absolute atomic E-state index is 12.3. The Kier molecular flexibility index (Phi) is 19.8. The average Bonchev–Trinajstić information content (AvgIpc) is 1.99. The summed E-state index contributed by atoms with van der Waals surface area (Å²) in [6.45, 7) is 13.8. The van der Waals surface area contributed by atoms with E-state index in [0.29, 0.717) is 31.3 Å². The Morgan fingerprint density at radius 3 is 1.69 bits per heavy atom. The summed E-state index contributed by atoms with van der Waals surface area (Å²) in [6, 6.07) is 0. The molecule has 0 aromatic heterocycles. The van der Waals surface area contributed by atoms with E-state index in [0.717, 1.165) is 19.3 Å². The van der Waals surface area contributed by atoms with E-state index >= 15 is 0 Å². The molecule has 0 radical (unpaired) electrons. The minimum atomic E-state index is -1.79. The Labute approximate surface area is 487 Å².